The van der Waals surface area contributed by atoms with Crippen molar-refractivity contribution >= 4 is 33.3 Å². The highest BCUT2D eigenvalue weighted by Crippen LogP contribution is 2.35. The predicted molar refractivity (Wildman–Crippen MR) is 144 cm³/mol. The summed E-state index contributed by atoms with van der Waals surface area (Å²) in [6.45, 7) is 3.64. The Hall–Kier alpha value is -2.79. The van der Waals surface area contributed by atoms with E-state index in [1.165, 1.54) is 42.2 Å². The van der Waals surface area contributed by atoms with Gasteiger partial charge in [-0.3, -0.25) is 4.31 Å². The van der Waals surface area contributed by atoms with Crippen molar-refractivity contribution in [2.24, 2.45) is 0 Å². The van der Waals surface area contributed by atoms with Gasteiger partial charge in [-0.2, -0.15) is 10.5 Å². The second-order valence-electron chi connectivity index (χ2n) is 9.43. The number of hydrogen-bond donors (Lipinski definition) is 1. The summed E-state index contributed by atoms with van der Waals surface area (Å²) in [5.41, 5.74) is 3.33. The number of thioether (sulfide) groups is 1. The maximum absolute atomic E-state index is 11.8. The highest BCUT2D eigenvalue weighted by atomic mass is 32.2. The lowest BCUT2D eigenvalue weighted by Gasteiger charge is -2.34. The van der Waals surface area contributed by atoms with Gasteiger partial charge < -0.3 is 10.2 Å². The van der Waals surface area contributed by atoms with E-state index in [0.717, 1.165) is 37.1 Å². The minimum Gasteiger partial charge on any atom is -0.355 e. The van der Waals surface area contributed by atoms with E-state index in [2.05, 4.69) is 22.4 Å². The number of nitrogens with zero attached hydrogens (tertiary/aromatic N) is 5. The lowest BCUT2D eigenvalue weighted by atomic mass is 10.00. The van der Waals surface area contributed by atoms with Crippen molar-refractivity contribution in [2.45, 2.75) is 61.9 Å². The normalized spacial score (nSPS) is 16.4. The van der Waals surface area contributed by atoms with Crippen LogP contribution in [-0.2, 0) is 22.2 Å². The summed E-state index contributed by atoms with van der Waals surface area (Å²) in [6.07, 6.45) is 6.33. The molecule has 1 aromatic carbocycles. The van der Waals surface area contributed by atoms with E-state index in [1.807, 2.05) is 19.1 Å². The van der Waals surface area contributed by atoms with Crippen molar-refractivity contribution in [1.29, 1.82) is 10.5 Å². The topological polar surface area (TPSA) is 113 Å². The first-order valence-corrected chi connectivity index (χ1v) is 15.1. The molecule has 36 heavy (non-hydrogen) atoms. The maximum atomic E-state index is 11.8. The van der Waals surface area contributed by atoms with Crippen molar-refractivity contribution in [2.75, 3.05) is 35.6 Å². The Balaban J connectivity index is 1.55. The Bertz CT molecular complexity index is 1290. The third kappa shape index (κ3) is 5.95. The molecule has 1 aliphatic heterocycles. The van der Waals surface area contributed by atoms with Crippen LogP contribution >= 0.6 is 11.8 Å². The zero-order chi connectivity index (χ0) is 25.9. The van der Waals surface area contributed by atoms with Gasteiger partial charge in [0.25, 0.3) is 0 Å². The summed E-state index contributed by atoms with van der Waals surface area (Å²) in [6, 6.07) is 13.2. The predicted octanol–water partition coefficient (Wildman–Crippen LogP) is 3.80. The van der Waals surface area contributed by atoms with Crippen LogP contribution in [0.5, 0.6) is 0 Å². The van der Waals surface area contributed by atoms with Crippen LogP contribution in [0.15, 0.2) is 29.3 Å². The molecule has 1 saturated carbocycles. The van der Waals surface area contributed by atoms with E-state index in [1.54, 1.807) is 12.1 Å². The molecule has 0 spiro atoms. The fraction of sp³-hybridized carbons (Fsp3) is 0.500. The lowest BCUT2D eigenvalue weighted by molar-refractivity contribution is 0.411. The van der Waals surface area contributed by atoms with E-state index >= 15 is 0 Å². The zero-order valence-electron chi connectivity index (χ0n) is 21.0. The molecule has 4 rings (SSSR count). The first kappa shape index (κ1) is 26.3. The van der Waals surface area contributed by atoms with E-state index in [0.29, 0.717) is 51.9 Å². The quantitative estimate of drug-likeness (QED) is 0.493. The van der Waals surface area contributed by atoms with Gasteiger partial charge >= 0.3 is 0 Å². The van der Waals surface area contributed by atoms with Crippen LogP contribution < -0.4 is 14.5 Å². The summed E-state index contributed by atoms with van der Waals surface area (Å²) in [4.78, 5) is 7.07. The van der Waals surface area contributed by atoms with Gasteiger partial charge in [-0.25, -0.2) is 13.4 Å². The molecular weight excluding hydrogens is 492 g/mol. The molecule has 190 valence electrons. The highest BCUT2D eigenvalue weighted by molar-refractivity contribution is 7.98. The van der Waals surface area contributed by atoms with Gasteiger partial charge in [0.15, 0.2) is 0 Å². The van der Waals surface area contributed by atoms with Gasteiger partial charge in [-0.05, 0) is 55.4 Å². The minimum absolute atomic E-state index is 0.474. The van der Waals surface area contributed by atoms with E-state index in [4.69, 9.17) is 4.98 Å². The van der Waals surface area contributed by atoms with Crippen molar-refractivity contribution in [3.05, 3.63) is 46.5 Å². The van der Waals surface area contributed by atoms with E-state index in [9.17, 15) is 18.9 Å². The Kier molecular flexibility index (Phi) is 8.09. The third-order valence-corrected chi connectivity index (χ3v) is 9.09. The number of piperidine rings is 1. The van der Waals surface area contributed by atoms with Crippen LogP contribution in [0.4, 0.5) is 11.5 Å². The average Bonchev–Trinajstić information content (AvgIpc) is 3.70. The van der Waals surface area contributed by atoms with Crippen molar-refractivity contribution < 1.29 is 8.42 Å². The second kappa shape index (κ2) is 11.1. The molecule has 0 radical (unpaired) electrons. The van der Waals surface area contributed by atoms with E-state index < -0.39 is 10.0 Å². The zero-order valence-corrected chi connectivity index (χ0v) is 22.6. The standard InChI is InChI=1S/C26H32N6O2S2/c1-4-22-23(15-27)25(32-13-11-20(12-14-32)29-19-7-8-19)30-26(24(22)16-28)35-17-18-5-9-21(10-6-18)31(2)36(3,33)34/h5-6,9-10,19-20,29H,4,7-8,11-14,17H2,1-3H3. The fourth-order valence-corrected chi connectivity index (χ4v) is 5.97. The molecule has 2 fully saturated rings. The summed E-state index contributed by atoms with van der Waals surface area (Å²) >= 11 is 1.47. The van der Waals surface area contributed by atoms with Crippen LogP contribution in [0.3, 0.4) is 0 Å². The molecule has 0 amide bonds. The second-order valence-corrected chi connectivity index (χ2v) is 12.4. The molecule has 1 aliphatic carbocycles. The molecule has 10 heteroatoms. The first-order valence-electron chi connectivity index (χ1n) is 12.3. The molecular formula is C26H32N6O2S2. The summed E-state index contributed by atoms with van der Waals surface area (Å²) in [7, 11) is -1.80. The van der Waals surface area contributed by atoms with Gasteiger partial charge in [-0.15, -0.1) is 11.8 Å². The summed E-state index contributed by atoms with van der Waals surface area (Å²) in [5.74, 6) is 1.26. The first-order chi connectivity index (χ1) is 17.2. The number of nitrogens with one attached hydrogen (secondary N) is 1. The van der Waals surface area contributed by atoms with Gasteiger partial charge in [0.1, 0.15) is 23.0 Å². The van der Waals surface area contributed by atoms with Crippen molar-refractivity contribution in [1.82, 2.24) is 10.3 Å². The highest BCUT2D eigenvalue weighted by Gasteiger charge is 2.29. The Morgan fingerprint density at radius 2 is 1.69 bits per heavy atom. The van der Waals surface area contributed by atoms with Crippen LogP contribution in [0.25, 0.3) is 0 Å². The van der Waals surface area contributed by atoms with Gasteiger partial charge in [0.2, 0.25) is 10.0 Å². The van der Waals surface area contributed by atoms with Crippen LogP contribution in [0.1, 0.15) is 54.9 Å². The molecule has 1 N–H and O–H groups in total. The molecule has 0 bridgehead atoms. The molecule has 2 aromatic rings. The van der Waals surface area contributed by atoms with Gasteiger partial charge in [0.05, 0.1) is 23.1 Å². The number of pyridine rings is 1. The molecule has 1 saturated heterocycles. The Labute approximate surface area is 218 Å². The minimum atomic E-state index is -3.32. The number of sulfonamides is 1. The lowest BCUT2D eigenvalue weighted by Crippen LogP contribution is -2.44. The van der Waals surface area contributed by atoms with E-state index in [-0.39, 0.29) is 0 Å². The molecule has 8 nitrogen and oxygen atoms in total. The molecule has 1 aromatic heterocycles. The number of rotatable bonds is 9. The van der Waals surface area contributed by atoms with Gasteiger partial charge in [-0.1, -0.05) is 19.1 Å². The smallest absolute Gasteiger partial charge is 0.231 e. The van der Waals surface area contributed by atoms with Gasteiger partial charge in [0, 0.05) is 38.0 Å². The number of hydrogen-bond acceptors (Lipinski definition) is 8. The average molecular weight is 525 g/mol. The van der Waals surface area contributed by atoms with Crippen molar-refractivity contribution in [3.8, 4) is 12.1 Å². The summed E-state index contributed by atoms with van der Waals surface area (Å²) < 4.78 is 24.8. The molecule has 2 heterocycles. The third-order valence-electron chi connectivity index (χ3n) is 6.84. The molecule has 2 aliphatic rings. The number of aromatic nitrogens is 1. The number of anilines is 2. The maximum Gasteiger partial charge on any atom is 0.231 e. The van der Waals surface area contributed by atoms with Crippen molar-refractivity contribution in [3.63, 3.8) is 0 Å². The molecule has 0 unspecified atom stereocenters. The Morgan fingerprint density at radius 3 is 2.22 bits per heavy atom. The fourth-order valence-electron chi connectivity index (χ4n) is 4.50. The van der Waals surface area contributed by atoms with Crippen LogP contribution in [0.2, 0.25) is 0 Å². The number of benzene rings is 1. The monoisotopic (exact) mass is 524 g/mol. The van der Waals surface area contributed by atoms with Crippen LogP contribution in [0, 0.1) is 22.7 Å². The largest absolute Gasteiger partial charge is 0.355 e. The SMILES string of the molecule is CCc1c(C#N)c(SCc2ccc(N(C)S(C)(=O)=O)cc2)nc(N2CCC(NC3CC3)CC2)c1C#N. The Morgan fingerprint density at radius 1 is 1.08 bits per heavy atom. The number of nitriles is 2. The molecule has 0 atom stereocenters. The van der Waals surface area contributed by atoms with Crippen LogP contribution in [-0.4, -0.2) is 51.9 Å². The summed E-state index contributed by atoms with van der Waals surface area (Å²) in [5, 5.41) is 24.3.